The molecule has 0 aromatic heterocycles. The fraction of sp³-hybridized carbons (Fsp3) is 0.562. The van der Waals surface area contributed by atoms with Crippen LogP contribution in [0.1, 0.15) is 37.0 Å². The maximum Gasteiger partial charge on any atom is 0.257 e. The van der Waals surface area contributed by atoms with E-state index < -0.39 is 48.9 Å². The minimum atomic E-state index is -2.29. The molecule has 0 saturated heterocycles. The van der Waals surface area contributed by atoms with Crippen LogP contribution in [0.4, 0.5) is 22.0 Å². The molecule has 0 heterocycles. The van der Waals surface area contributed by atoms with Crippen LogP contribution in [-0.4, -0.2) is 27.9 Å². The molecule has 0 bridgehead atoms. The second kappa shape index (κ2) is 9.28. The topological polar surface area (TPSA) is 38.3 Å². The summed E-state index contributed by atoms with van der Waals surface area (Å²) in [5.41, 5.74) is -1.46. The van der Waals surface area contributed by atoms with Crippen molar-refractivity contribution in [1.82, 2.24) is 5.32 Å². The average Bonchev–Trinajstić information content (AvgIpc) is 2.62. The third-order valence-electron chi connectivity index (χ3n) is 4.50. The highest BCUT2D eigenvalue weighted by molar-refractivity contribution is 6.73. The molecule has 0 fully saturated rings. The van der Waals surface area contributed by atoms with Crippen molar-refractivity contribution >= 4 is 14.2 Å². The van der Waals surface area contributed by atoms with Gasteiger partial charge in [-0.25, -0.2) is 22.0 Å². The number of rotatable bonds is 9. The van der Waals surface area contributed by atoms with E-state index in [4.69, 9.17) is 4.43 Å². The van der Waals surface area contributed by atoms with Crippen LogP contribution in [0.3, 0.4) is 0 Å². The van der Waals surface area contributed by atoms with Gasteiger partial charge in [0.25, 0.3) is 5.91 Å². The highest BCUT2D eigenvalue weighted by atomic mass is 28.4. The Morgan fingerprint density at radius 1 is 0.920 bits per heavy atom. The lowest BCUT2D eigenvalue weighted by Crippen LogP contribution is -2.35. The first-order chi connectivity index (χ1) is 11.7. The Balaban J connectivity index is 2.65. The lowest BCUT2D eigenvalue weighted by Gasteiger charge is -2.27. The minimum absolute atomic E-state index is 0.0694. The maximum absolute atomic E-state index is 13.5. The molecule has 0 unspecified atom stereocenters. The van der Waals surface area contributed by atoms with Crippen molar-refractivity contribution in [1.29, 1.82) is 0 Å². The molecule has 9 heteroatoms. The van der Waals surface area contributed by atoms with Gasteiger partial charge in [-0.1, -0.05) is 20.3 Å². The number of halogens is 5. The van der Waals surface area contributed by atoms with Gasteiger partial charge in [-0.2, -0.15) is 0 Å². The molecule has 0 atom stereocenters. The van der Waals surface area contributed by atoms with E-state index in [1.165, 1.54) is 0 Å². The number of carbonyl (C=O) groups excluding carboxylic acids is 1. The normalized spacial score (nSPS) is 11.7. The zero-order chi connectivity index (χ0) is 19.2. The minimum Gasteiger partial charge on any atom is -0.420 e. The van der Waals surface area contributed by atoms with Crippen LogP contribution in [0, 0.1) is 29.1 Å². The van der Waals surface area contributed by atoms with Crippen molar-refractivity contribution < 1.29 is 31.2 Å². The first-order valence-electron chi connectivity index (χ1n) is 8.09. The Labute approximate surface area is 144 Å². The standard InChI is InChI=1S/C16H22F5NO2Si/c1-4-25(5-2,24-3)9-7-6-8-22-16(23)10-11(17)13(19)15(21)14(20)12(10)18/h4-9H2,1-3H3,(H,22,23). The highest BCUT2D eigenvalue weighted by Crippen LogP contribution is 2.24. The van der Waals surface area contributed by atoms with E-state index in [-0.39, 0.29) is 6.54 Å². The van der Waals surface area contributed by atoms with E-state index in [1.807, 2.05) is 0 Å². The molecule has 0 radical (unpaired) electrons. The van der Waals surface area contributed by atoms with E-state index in [0.717, 1.165) is 24.6 Å². The van der Waals surface area contributed by atoms with Gasteiger partial charge in [0.1, 0.15) is 5.56 Å². The van der Waals surface area contributed by atoms with E-state index in [9.17, 15) is 26.7 Å². The zero-order valence-electron chi connectivity index (χ0n) is 14.4. The van der Waals surface area contributed by atoms with Gasteiger partial charge in [0, 0.05) is 13.7 Å². The van der Waals surface area contributed by atoms with Crippen LogP contribution in [-0.2, 0) is 4.43 Å². The Morgan fingerprint density at radius 2 is 1.40 bits per heavy atom. The van der Waals surface area contributed by atoms with Gasteiger partial charge in [-0.3, -0.25) is 4.79 Å². The summed E-state index contributed by atoms with van der Waals surface area (Å²) in [6, 6.07) is 2.78. The van der Waals surface area contributed by atoms with E-state index >= 15 is 0 Å². The van der Waals surface area contributed by atoms with Crippen LogP contribution in [0.15, 0.2) is 0 Å². The van der Waals surface area contributed by atoms with Crippen molar-refractivity contribution in [3.8, 4) is 0 Å². The van der Waals surface area contributed by atoms with Gasteiger partial charge in [0.15, 0.2) is 31.6 Å². The molecule has 1 rings (SSSR count). The third-order valence-corrected chi connectivity index (χ3v) is 9.21. The molecule has 0 spiro atoms. The summed E-state index contributed by atoms with van der Waals surface area (Å²) in [6.45, 7) is 4.19. The molecular weight excluding hydrogens is 361 g/mol. The molecule has 0 aliphatic carbocycles. The third kappa shape index (κ3) is 4.78. The molecule has 1 N–H and O–H groups in total. The average molecular weight is 383 g/mol. The molecule has 1 amide bonds. The molecule has 0 saturated carbocycles. The number of benzene rings is 1. The highest BCUT2D eigenvalue weighted by Gasteiger charge is 2.30. The molecule has 25 heavy (non-hydrogen) atoms. The van der Waals surface area contributed by atoms with Crippen LogP contribution in [0.2, 0.25) is 18.1 Å². The molecular formula is C16H22F5NO2Si. The number of nitrogens with one attached hydrogen (secondary N) is 1. The summed E-state index contributed by atoms with van der Waals surface area (Å²) >= 11 is 0. The van der Waals surface area contributed by atoms with Crippen molar-refractivity contribution in [2.24, 2.45) is 0 Å². The van der Waals surface area contributed by atoms with Crippen LogP contribution >= 0.6 is 0 Å². The Kier molecular flexibility index (Phi) is 8.00. The molecule has 0 aliphatic heterocycles. The Bertz CT molecular complexity index is 586. The van der Waals surface area contributed by atoms with Crippen LogP contribution < -0.4 is 5.32 Å². The van der Waals surface area contributed by atoms with Gasteiger partial charge < -0.3 is 9.74 Å². The van der Waals surface area contributed by atoms with Crippen molar-refractivity contribution in [3.05, 3.63) is 34.6 Å². The Hall–Kier alpha value is -1.48. The molecule has 1 aromatic carbocycles. The van der Waals surface area contributed by atoms with Gasteiger partial charge in [0.2, 0.25) is 5.82 Å². The first-order valence-corrected chi connectivity index (χ1v) is 10.6. The summed E-state index contributed by atoms with van der Waals surface area (Å²) in [6.07, 6.45) is 1.25. The lowest BCUT2D eigenvalue weighted by atomic mass is 10.1. The van der Waals surface area contributed by atoms with Gasteiger partial charge in [-0.05, 0) is 24.6 Å². The van der Waals surface area contributed by atoms with Crippen molar-refractivity contribution in [3.63, 3.8) is 0 Å². The molecule has 0 aliphatic rings. The van der Waals surface area contributed by atoms with Crippen LogP contribution in [0.25, 0.3) is 0 Å². The second-order valence-electron chi connectivity index (χ2n) is 5.75. The lowest BCUT2D eigenvalue weighted by molar-refractivity contribution is 0.0941. The molecule has 1 aromatic rings. The fourth-order valence-electron chi connectivity index (χ4n) is 2.66. The number of carbonyl (C=O) groups is 1. The number of hydrogen-bond acceptors (Lipinski definition) is 2. The van der Waals surface area contributed by atoms with Crippen LogP contribution in [0.5, 0.6) is 0 Å². The number of amides is 1. The predicted molar refractivity (Wildman–Crippen MR) is 86.3 cm³/mol. The maximum atomic E-state index is 13.5. The summed E-state index contributed by atoms with van der Waals surface area (Å²) in [7, 11) is -0.0865. The van der Waals surface area contributed by atoms with E-state index in [1.54, 1.807) is 7.11 Å². The number of unbranched alkanes of at least 4 members (excludes halogenated alkanes) is 1. The SMILES string of the molecule is CC[Si](CC)(CCCCNC(=O)c1c(F)c(F)c(F)c(F)c1F)OC. The monoisotopic (exact) mass is 383 g/mol. The summed E-state index contributed by atoms with van der Waals surface area (Å²) < 4.78 is 71.9. The predicted octanol–water partition coefficient (Wildman–Crippen LogP) is 4.52. The summed E-state index contributed by atoms with van der Waals surface area (Å²) in [5, 5.41) is 2.19. The zero-order valence-corrected chi connectivity index (χ0v) is 15.4. The first kappa shape index (κ1) is 21.6. The van der Waals surface area contributed by atoms with E-state index in [2.05, 4.69) is 19.2 Å². The smallest absolute Gasteiger partial charge is 0.257 e. The summed E-state index contributed by atoms with van der Waals surface area (Å²) in [5.74, 6) is -12.1. The van der Waals surface area contributed by atoms with Gasteiger partial charge >= 0.3 is 0 Å². The van der Waals surface area contributed by atoms with Gasteiger partial charge in [0.05, 0.1) is 0 Å². The Morgan fingerprint density at radius 3 is 1.84 bits per heavy atom. The van der Waals surface area contributed by atoms with Crippen molar-refractivity contribution in [2.45, 2.75) is 44.8 Å². The fourth-order valence-corrected chi connectivity index (χ4v) is 5.54. The molecule has 3 nitrogen and oxygen atoms in total. The van der Waals surface area contributed by atoms with Crippen molar-refractivity contribution in [2.75, 3.05) is 13.7 Å². The molecule has 142 valence electrons. The number of hydrogen-bond donors (Lipinski definition) is 1. The van der Waals surface area contributed by atoms with Gasteiger partial charge in [-0.15, -0.1) is 0 Å². The quantitative estimate of drug-likeness (QED) is 0.224. The summed E-state index contributed by atoms with van der Waals surface area (Å²) in [4.78, 5) is 11.8. The van der Waals surface area contributed by atoms with E-state index in [0.29, 0.717) is 6.42 Å². The second-order valence-corrected chi connectivity index (χ2v) is 10.4. The largest absolute Gasteiger partial charge is 0.420 e.